The first-order valence-corrected chi connectivity index (χ1v) is 6.10. The summed E-state index contributed by atoms with van der Waals surface area (Å²) in [5.41, 5.74) is 0. The Hall–Kier alpha value is -1.00. The lowest BCUT2D eigenvalue weighted by Crippen LogP contribution is -1.73. The third-order valence-corrected chi connectivity index (χ3v) is 3.61. The standard InChI is InChI=1S/C10H6N2S2/c1-3-9(7-11-5-1)13-14-10-4-2-6-12-8-10/h1-6H. The Balaban J connectivity index is 1.96. The summed E-state index contributed by atoms with van der Waals surface area (Å²) in [5.74, 6) is 0. The molecule has 2 radical (unpaired) electrons. The monoisotopic (exact) mass is 218 g/mol. The van der Waals surface area contributed by atoms with Crippen LogP contribution in [0, 0.1) is 12.4 Å². The van der Waals surface area contributed by atoms with Crippen molar-refractivity contribution in [3.63, 3.8) is 0 Å². The molecule has 0 unspecified atom stereocenters. The molecule has 0 saturated heterocycles. The molecule has 2 nitrogen and oxygen atoms in total. The summed E-state index contributed by atoms with van der Waals surface area (Å²) >= 11 is 0. The van der Waals surface area contributed by atoms with Crippen LogP contribution in [0.1, 0.15) is 0 Å². The highest BCUT2D eigenvalue weighted by atomic mass is 33.1. The molecule has 0 aliphatic rings. The van der Waals surface area contributed by atoms with Gasteiger partial charge in [-0.25, -0.2) is 0 Å². The molecular formula is C10H6N2S2. The lowest BCUT2D eigenvalue weighted by molar-refractivity contribution is 1.22. The Labute approximate surface area is 90.6 Å². The van der Waals surface area contributed by atoms with Gasteiger partial charge in [-0.15, -0.1) is 0 Å². The van der Waals surface area contributed by atoms with E-state index < -0.39 is 0 Å². The fourth-order valence-corrected chi connectivity index (χ4v) is 2.53. The molecule has 0 bridgehead atoms. The van der Waals surface area contributed by atoms with Crippen molar-refractivity contribution >= 4 is 21.6 Å². The normalized spacial score (nSPS) is 10.0. The van der Waals surface area contributed by atoms with Crippen molar-refractivity contribution in [2.24, 2.45) is 0 Å². The quantitative estimate of drug-likeness (QED) is 0.740. The van der Waals surface area contributed by atoms with Crippen LogP contribution in [0.4, 0.5) is 0 Å². The molecular weight excluding hydrogens is 212 g/mol. The molecule has 2 aromatic heterocycles. The minimum absolute atomic E-state index is 1.01. The van der Waals surface area contributed by atoms with Gasteiger partial charge in [-0.3, -0.25) is 9.97 Å². The van der Waals surface area contributed by atoms with Crippen LogP contribution in [0.25, 0.3) is 0 Å². The predicted octanol–water partition coefficient (Wildman–Crippen LogP) is 2.88. The number of nitrogens with zero attached hydrogens (tertiary/aromatic N) is 2. The number of pyridine rings is 2. The molecule has 0 fully saturated rings. The van der Waals surface area contributed by atoms with Crippen molar-refractivity contribution in [3.8, 4) is 0 Å². The first-order chi connectivity index (χ1) is 6.95. The lowest BCUT2D eigenvalue weighted by Gasteiger charge is -1.97. The summed E-state index contributed by atoms with van der Waals surface area (Å²) in [4.78, 5) is 9.84. The van der Waals surface area contributed by atoms with Gasteiger partial charge < -0.3 is 0 Å². The van der Waals surface area contributed by atoms with Crippen LogP contribution in [0.3, 0.4) is 0 Å². The predicted molar refractivity (Wildman–Crippen MR) is 57.9 cm³/mol. The molecule has 0 saturated carbocycles. The molecule has 2 aromatic rings. The zero-order valence-electron chi connectivity index (χ0n) is 7.18. The van der Waals surface area contributed by atoms with Gasteiger partial charge in [-0.2, -0.15) is 0 Å². The van der Waals surface area contributed by atoms with E-state index in [2.05, 4.69) is 22.4 Å². The summed E-state index contributed by atoms with van der Waals surface area (Å²) in [5, 5.41) is 0. The Morgan fingerprint density at radius 1 is 0.857 bits per heavy atom. The van der Waals surface area contributed by atoms with Crippen molar-refractivity contribution in [2.75, 3.05) is 0 Å². The average Bonchev–Trinajstić information content (AvgIpc) is 2.29. The zero-order chi connectivity index (χ0) is 9.64. The molecule has 0 aliphatic carbocycles. The maximum absolute atomic E-state index is 3.91. The van der Waals surface area contributed by atoms with Crippen molar-refractivity contribution in [1.82, 2.24) is 9.97 Å². The molecule has 0 aromatic carbocycles. The Bertz CT molecular complexity index is 338. The number of hydrogen-bond acceptors (Lipinski definition) is 4. The lowest BCUT2D eigenvalue weighted by atomic mass is 10.5. The summed E-state index contributed by atoms with van der Waals surface area (Å²) in [6.45, 7) is 0. The molecule has 0 N–H and O–H groups in total. The molecule has 0 aliphatic heterocycles. The highest BCUT2D eigenvalue weighted by Gasteiger charge is 1.97. The molecule has 2 rings (SSSR count). The first kappa shape index (κ1) is 9.55. The summed E-state index contributed by atoms with van der Waals surface area (Å²) in [6.07, 6.45) is 9.22. The van der Waals surface area contributed by atoms with Gasteiger partial charge >= 0.3 is 0 Å². The van der Waals surface area contributed by atoms with E-state index in [1.165, 1.54) is 0 Å². The van der Waals surface area contributed by atoms with E-state index in [0.717, 1.165) is 9.79 Å². The second kappa shape index (κ2) is 5.02. The van der Waals surface area contributed by atoms with E-state index >= 15 is 0 Å². The van der Waals surface area contributed by atoms with E-state index in [4.69, 9.17) is 0 Å². The molecule has 14 heavy (non-hydrogen) atoms. The number of rotatable bonds is 3. The van der Waals surface area contributed by atoms with Gasteiger partial charge in [0.1, 0.15) is 12.4 Å². The van der Waals surface area contributed by atoms with Crippen LogP contribution in [0.2, 0.25) is 0 Å². The van der Waals surface area contributed by atoms with Crippen LogP contribution >= 0.6 is 21.6 Å². The molecule has 68 valence electrons. The van der Waals surface area contributed by atoms with Gasteiger partial charge in [-0.05, 0) is 24.3 Å². The Morgan fingerprint density at radius 3 is 1.71 bits per heavy atom. The highest BCUT2D eigenvalue weighted by molar-refractivity contribution is 8.76. The maximum Gasteiger partial charge on any atom is 0.104 e. The van der Waals surface area contributed by atoms with Crippen LogP contribution in [0.15, 0.2) is 46.5 Å². The summed E-state index contributed by atoms with van der Waals surface area (Å²) < 4.78 is 0. The van der Waals surface area contributed by atoms with E-state index in [1.54, 1.807) is 34.0 Å². The van der Waals surface area contributed by atoms with Crippen molar-refractivity contribution in [3.05, 3.63) is 49.1 Å². The van der Waals surface area contributed by atoms with Gasteiger partial charge in [0.05, 0.1) is 0 Å². The SMILES string of the molecule is [c]1ncccc1SSc1[c]nccc1. The first-order valence-electron chi connectivity index (χ1n) is 3.95. The van der Waals surface area contributed by atoms with E-state index in [9.17, 15) is 0 Å². The fraction of sp³-hybridized carbons (Fsp3) is 0. The van der Waals surface area contributed by atoms with Gasteiger partial charge in [0.25, 0.3) is 0 Å². The topological polar surface area (TPSA) is 25.8 Å². The Kier molecular flexibility index (Phi) is 3.43. The summed E-state index contributed by atoms with van der Waals surface area (Å²) in [6, 6.07) is 7.74. The van der Waals surface area contributed by atoms with Crippen LogP contribution in [-0.4, -0.2) is 9.97 Å². The van der Waals surface area contributed by atoms with E-state index in [-0.39, 0.29) is 0 Å². The van der Waals surface area contributed by atoms with Gasteiger partial charge in [0.2, 0.25) is 0 Å². The van der Waals surface area contributed by atoms with Crippen LogP contribution < -0.4 is 0 Å². The van der Waals surface area contributed by atoms with Gasteiger partial charge in [-0.1, -0.05) is 21.6 Å². The largest absolute Gasteiger partial charge is 0.253 e. The van der Waals surface area contributed by atoms with Gasteiger partial charge in [0, 0.05) is 22.2 Å². The highest BCUT2D eigenvalue weighted by Crippen LogP contribution is 2.35. The summed E-state index contributed by atoms with van der Waals surface area (Å²) in [7, 11) is 3.20. The Morgan fingerprint density at radius 2 is 1.36 bits per heavy atom. The third-order valence-electron chi connectivity index (χ3n) is 1.39. The zero-order valence-corrected chi connectivity index (χ0v) is 8.81. The van der Waals surface area contributed by atoms with Gasteiger partial charge in [0.15, 0.2) is 0 Å². The van der Waals surface area contributed by atoms with Crippen molar-refractivity contribution < 1.29 is 0 Å². The fourth-order valence-electron chi connectivity index (χ4n) is 0.806. The number of hydrogen-bond donors (Lipinski definition) is 0. The van der Waals surface area contributed by atoms with Crippen LogP contribution in [0.5, 0.6) is 0 Å². The minimum Gasteiger partial charge on any atom is -0.253 e. The molecule has 4 heteroatoms. The molecule has 0 atom stereocenters. The minimum atomic E-state index is 1.01. The third kappa shape index (κ3) is 2.75. The van der Waals surface area contributed by atoms with Crippen LogP contribution in [-0.2, 0) is 0 Å². The average molecular weight is 218 g/mol. The molecule has 2 heterocycles. The molecule has 0 amide bonds. The van der Waals surface area contributed by atoms with Crippen molar-refractivity contribution in [2.45, 2.75) is 9.79 Å². The smallest absolute Gasteiger partial charge is 0.104 e. The second-order valence-electron chi connectivity index (χ2n) is 2.39. The number of aromatic nitrogens is 2. The maximum atomic E-state index is 3.91. The second-order valence-corrected chi connectivity index (χ2v) is 4.61. The molecule has 0 spiro atoms. The van der Waals surface area contributed by atoms with E-state index in [1.807, 2.05) is 24.3 Å². The van der Waals surface area contributed by atoms with Crippen molar-refractivity contribution in [1.29, 1.82) is 0 Å². The van der Waals surface area contributed by atoms with E-state index in [0.29, 0.717) is 0 Å².